The van der Waals surface area contributed by atoms with E-state index in [1.807, 2.05) is 23.3 Å². The second-order valence-electron chi connectivity index (χ2n) is 2.38. The zero-order valence-corrected chi connectivity index (χ0v) is 5.66. The SMILES string of the molecule is c1ccc(CN2CO2)cc1. The third kappa shape index (κ3) is 1.35. The zero-order valence-electron chi connectivity index (χ0n) is 5.66. The number of nitrogens with zero attached hydrogens (tertiary/aromatic N) is 1. The average molecular weight is 135 g/mol. The smallest absolute Gasteiger partial charge is 0.144 e. The van der Waals surface area contributed by atoms with Crippen molar-refractivity contribution in [2.75, 3.05) is 6.73 Å². The van der Waals surface area contributed by atoms with E-state index in [1.165, 1.54) is 5.56 Å². The van der Waals surface area contributed by atoms with E-state index in [2.05, 4.69) is 12.1 Å². The highest BCUT2D eigenvalue weighted by molar-refractivity contribution is 5.14. The Bertz CT molecular complexity index is 206. The van der Waals surface area contributed by atoms with Gasteiger partial charge in [0, 0.05) is 0 Å². The first-order valence-electron chi connectivity index (χ1n) is 3.37. The Morgan fingerprint density at radius 1 is 1.30 bits per heavy atom. The topological polar surface area (TPSA) is 15.5 Å². The third-order valence-corrected chi connectivity index (χ3v) is 1.51. The number of hydrogen-bond donors (Lipinski definition) is 0. The summed E-state index contributed by atoms with van der Waals surface area (Å²) >= 11 is 0. The van der Waals surface area contributed by atoms with Crippen molar-refractivity contribution < 1.29 is 4.84 Å². The maximum absolute atomic E-state index is 4.95. The first-order chi connectivity index (χ1) is 4.95. The predicted molar refractivity (Wildman–Crippen MR) is 37.9 cm³/mol. The molecule has 1 aliphatic heterocycles. The molecule has 1 aromatic rings. The van der Waals surface area contributed by atoms with Gasteiger partial charge in [-0.25, -0.2) is 0 Å². The molecule has 2 rings (SSSR count). The van der Waals surface area contributed by atoms with Crippen molar-refractivity contribution in [2.24, 2.45) is 0 Å². The summed E-state index contributed by atoms with van der Waals surface area (Å²) in [5.41, 5.74) is 1.31. The van der Waals surface area contributed by atoms with E-state index >= 15 is 0 Å². The van der Waals surface area contributed by atoms with Crippen LogP contribution in [0.5, 0.6) is 0 Å². The van der Waals surface area contributed by atoms with Crippen LogP contribution in [0.4, 0.5) is 0 Å². The monoisotopic (exact) mass is 135 g/mol. The Morgan fingerprint density at radius 3 is 2.60 bits per heavy atom. The van der Waals surface area contributed by atoms with Crippen LogP contribution in [-0.2, 0) is 11.4 Å². The molecule has 1 atom stereocenters. The average Bonchev–Trinajstić information content (AvgIpc) is 2.74. The van der Waals surface area contributed by atoms with E-state index < -0.39 is 0 Å². The minimum Gasteiger partial charge on any atom is -0.278 e. The fraction of sp³-hybridized carbons (Fsp3) is 0.250. The fourth-order valence-electron chi connectivity index (χ4n) is 0.919. The molecule has 0 aromatic heterocycles. The molecule has 1 unspecified atom stereocenters. The quantitative estimate of drug-likeness (QED) is 0.569. The molecule has 0 saturated carbocycles. The van der Waals surface area contributed by atoms with Crippen molar-refractivity contribution in [3.05, 3.63) is 35.9 Å². The molecule has 0 N–H and O–H groups in total. The molecule has 52 valence electrons. The Morgan fingerprint density at radius 2 is 2.00 bits per heavy atom. The molecule has 1 heterocycles. The van der Waals surface area contributed by atoms with Gasteiger partial charge in [-0.3, -0.25) is 4.84 Å². The van der Waals surface area contributed by atoms with Crippen molar-refractivity contribution in [1.82, 2.24) is 5.06 Å². The molecule has 1 aromatic carbocycles. The Balaban J connectivity index is 2.03. The number of hydrogen-bond acceptors (Lipinski definition) is 2. The van der Waals surface area contributed by atoms with Crippen molar-refractivity contribution >= 4 is 0 Å². The van der Waals surface area contributed by atoms with Gasteiger partial charge in [0.05, 0.1) is 6.54 Å². The van der Waals surface area contributed by atoms with Crippen LogP contribution in [0.25, 0.3) is 0 Å². The molecule has 0 aliphatic carbocycles. The first kappa shape index (κ1) is 5.89. The summed E-state index contributed by atoms with van der Waals surface area (Å²) in [4.78, 5) is 4.95. The first-order valence-corrected chi connectivity index (χ1v) is 3.37. The molecule has 1 aliphatic rings. The van der Waals surface area contributed by atoms with Crippen LogP contribution in [0.1, 0.15) is 5.56 Å². The van der Waals surface area contributed by atoms with Gasteiger partial charge in [-0.05, 0) is 5.56 Å². The second-order valence-corrected chi connectivity index (χ2v) is 2.38. The molecule has 0 radical (unpaired) electrons. The molecule has 0 bridgehead atoms. The van der Waals surface area contributed by atoms with E-state index in [0.717, 1.165) is 13.3 Å². The lowest BCUT2D eigenvalue weighted by Crippen LogP contribution is -1.94. The maximum atomic E-state index is 4.95. The van der Waals surface area contributed by atoms with Crippen molar-refractivity contribution in [3.63, 3.8) is 0 Å². The molecular formula is C8H9NO. The van der Waals surface area contributed by atoms with Gasteiger partial charge in [-0.1, -0.05) is 30.3 Å². The summed E-state index contributed by atoms with van der Waals surface area (Å²) in [6.07, 6.45) is 0. The molecule has 2 nitrogen and oxygen atoms in total. The third-order valence-electron chi connectivity index (χ3n) is 1.51. The molecule has 10 heavy (non-hydrogen) atoms. The van der Waals surface area contributed by atoms with Gasteiger partial charge < -0.3 is 0 Å². The van der Waals surface area contributed by atoms with Crippen LogP contribution < -0.4 is 0 Å². The maximum Gasteiger partial charge on any atom is 0.144 e. The van der Waals surface area contributed by atoms with Crippen LogP contribution in [-0.4, -0.2) is 11.8 Å². The Kier molecular flexibility index (Phi) is 1.42. The standard InChI is InChI=1S/C8H9NO/c1-2-4-8(5-3-1)6-9-7-10-9/h1-5H,6-7H2. The minimum atomic E-state index is 0.787. The number of benzene rings is 1. The summed E-state index contributed by atoms with van der Waals surface area (Å²) in [5, 5.41) is 1.91. The summed E-state index contributed by atoms with van der Waals surface area (Å²) in [7, 11) is 0. The zero-order chi connectivity index (χ0) is 6.81. The molecule has 1 saturated heterocycles. The lowest BCUT2D eigenvalue weighted by Gasteiger charge is -1.95. The lowest BCUT2D eigenvalue weighted by atomic mass is 10.2. The second kappa shape index (κ2) is 2.40. The van der Waals surface area contributed by atoms with Crippen LogP contribution in [0.3, 0.4) is 0 Å². The van der Waals surface area contributed by atoms with Crippen molar-refractivity contribution in [1.29, 1.82) is 0 Å². The highest BCUT2D eigenvalue weighted by atomic mass is 16.8. The van der Waals surface area contributed by atoms with E-state index in [9.17, 15) is 0 Å². The van der Waals surface area contributed by atoms with Crippen LogP contribution >= 0.6 is 0 Å². The normalized spacial score (nSPS) is 22.6. The van der Waals surface area contributed by atoms with E-state index in [-0.39, 0.29) is 0 Å². The molecule has 0 spiro atoms. The van der Waals surface area contributed by atoms with Gasteiger partial charge in [0.2, 0.25) is 0 Å². The van der Waals surface area contributed by atoms with Crippen molar-refractivity contribution in [2.45, 2.75) is 6.54 Å². The van der Waals surface area contributed by atoms with Crippen LogP contribution in [0, 0.1) is 0 Å². The van der Waals surface area contributed by atoms with E-state index in [1.54, 1.807) is 0 Å². The van der Waals surface area contributed by atoms with Gasteiger partial charge in [0.25, 0.3) is 0 Å². The Labute approximate surface area is 60.0 Å². The summed E-state index contributed by atoms with van der Waals surface area (Å²) in [6, 6.07) is 10.3. The van der Waals surface area contributed by atoms with Gasteiger partial charge in [0.1, 0.15) is 6.73 Å². The van der Waals surface area contributed by atoms with Crippen LogP contribution in [0.2, 0.25) is 0 Å². The van der Waals surface area contributed by atoms with Gasteiger partial charge in [-0.15, -0.1) is 0 Å². The lowest BCUT2D eigenvalue weighted by molar-refractivity contribution is 0.194. The molecule has 0 amide bonds. The largest absolute Gasteiger partial charge is 0.278 e. The summed E-state index contributed by atoms with van der Waals surface area (Å²) < 4.78 is 0. The summed E-state index contributed by atoms with van der Waals surface area (Å²) in [6.45, 7) is 1.70. The number of rotatable bonds is 2. The molecular weight excluding hydrogens is 126 g/mol. The Hall–Kier alpha value is -0.860. The number of hydroxylamine groups is 2. The van der Waals surface area contributed by atoms with Crippen LogP contribution in [0.15, 0.2) is 30.3 Å². The van der Waals surface area contributed by atoms with E-state index in [0.29, 0.717) is 0 Å². The molecule has 2 heteroatoms. The molecule has 1 fully saturated rings. The predicted octanol–water partition coefficient (Wildman–Crippen LogP) is 1.39. The van der Waals surface area contributed by atoms with E-state index in [4.69, 9.17) is 4.84 Å². The highest BCUT2D eigenvalue weighted by Crippen LogP contribution is 2.12. The minimum absolute atomic E-state index is 0.787. The van der Waals surface area contributed by atoms with Gasteiger partial charge in [-0.2, -0.15) is 5.06 Å². The van der Waals surface area contributed by atoms with Gasteiger partial charge in [0.15, 0.2) is 0 Å². The van der Waals surface area contributed by atoms with Gasteiger partial charge >= 0.3 is 0 Å². The fourth-order valence-corrected chi connectivity index (χ4v) is 0.919. The highest BCUT2D eigenvalue weighted by Gasteiger charge is 2.17. The van der Waals surface area contributed by atoms with Crippen molar-refractivity contribution in [3.8, 4) is 0 Å². The summed E-state index contributed by atoms with van der Waals surface area (Å²) in [5.74, 6) is 0.